The van der Waals surface area contributed by atoms with Crippen LogP contribution in [-0.2, 0) is 6.42 Å². The molecule has 0 saturated heterocycles. The fourth-order valence-electron chi connectivity index (χ4n) is 2.35. The van der Waals surface area contributed by atoms with Crippen molar-refractivity contribution < 1.29 is 5.11 Å². The summed E-state index contributed by atoms with van der Waals surface area (Å²) in [6.45, 7) is 0. The summed E-state index contributed by atoms with van der Waals surface area (Å²) in [7, 11) is 0. The Morgan fingerprint density at radius 1 is 1.41 bits per heavy atom. The SMILES string of the molecule is OC1CCCc2cnc(-c3cccc(Cl)c3)n21. The summed E-state index contributed by atoms with van der Waals surface area (Å²) in [6.07, 6.45) is 4.16. The Balaban J connectivity index is 2.13. The molecule has 1 aromatic carbocycles. The van der Waals surface area contributed by atoms with Crippen LogP contribution in [0.15, 0.2) is 30.5 Å². The summed E-state index contributed by atoms with van der Waals surface area (Å²) >= 11 is 5.98. The molecule has 2 heterocycles. The zero-order valence-corrected chi connectivity index (χ0v) is 10.1. The summed E-state index contributed by atoms with van der Waals surface area (Å²) < 4.78 is 1.91. The number of rotatable bonds is 1. The molecule has 1 aliphatic heterocycles. The number of aliphatic hydroxyl groups excluding tert-OH is 1. The molecule has 1 aliphatic rings. The highest BCUT2D eigenvalue weighted by atomic mass is 35.5. The molecule has 3 nitrogen and oxygen atoms in total. The normalized spacial score (nSPS) is 19.1. The molecule has 0 saturated carbocycles. The number of hydrogen-bond acceptors (Lipinski definition) is 2. The van der Waals surface area contributed by atoms with Gasteiger partial charge in [0.25, 0.3) is 0 Å². The quantitative estimate of drug-likeness (QED) is 0.842. The Morgan fingerprint density at radius 3 is 3.12 bits per heavy atom. The molecule has 17 heavy (non-hydrogen) atoms. The van der Waals surface area contributed by atoms with Gasteiger partial charge in [0.2, 0.25) is 0 Å². The lowest BCUT2D eigenvalue weighted by Gasteiger charge is -2.22. The minimum absolute atomic E-state index is 0.463. The van der Waals surface area contributed by atoms with E-state index in [1.54, 1.807) is 0 Å². The van der Waals surface area contributed by atoms with Gasteiger partial charge in [-0.15, -0.1) is 0 Å². The molecule has 2 aromatic rings. The number of benzene rings is 1. The van der Waals surface area contributed by atoms with E-state index < -0.39 is 6.23 Å². The third kappa shape index (κ3) is 1.85. The molecule has 0 amide bonds. The molecular weight excluding hydrogens is 236 g/mol. The Labute approximate surface area is 105 Å². The van der Waals surface area contributed by atoms with E-state index in [-0.39, 0.29) is 0 Å². The zero-order valence-electron chi connectivity index (χ0n) is 9.31. The third-order valence-corrected chi connectivity index (χ3v) is 3.38. The summed E-state index contributed by atoms with van der Waals surface area (Å²) in [4.78, 5) is 4.40. The largest absolute Gasteiger partial charge is 0.373 e. The van der Waals surface area contributed by atoms with E-state index in [4.69, 9.17) is 11.6 Å². The van der Waals surface area contributed by atoms with E-state index >= 15 is 0 Å². The lowest BCUT2D eigenvalue weighted by atomic mass is 10.1. The van der Waals surface area contributed by atoms with Gasteiger partial charge < -0.3 is 9.67 Å². The monoisotopic (exact) mass is 248 g/mol. The first-order chi connectivity index (χ1) is 8.25. The van der Waals surface area contributed by atoms with Gasteiger partial charge in [0.05, 0.1) is 0 Å². The van der Waals surface area contributed by atoms with Crippen molar-refractivity contribution in [1.29, 1.82) is 0 Å². The van der Waals surface area contributed by atoms with Gasteiger partial charge in [-0.1, -0.05) is 23.7 Å². The summed E-state index contributed by atoms with van der Waals surface area (Å²) in [5.41, 5.74) is 2.04. The number of aromatic nitrogens is 2. The number of halogens is 1. The standard InChI is InChI=1S/C13H13ClN2O/c14-10-4-1-3-9(7-10)13-15-8-11-5-2-6-12(17)16(11)13/h1,3-4,7-8,12,17H,2,5-6H2. The highest BCUT2D eigenvalue weighted by Crippen LogP contribution is 2.30. The van der Waals surface area contributed by atoms with Crippen LogP contribution >= 0.6 is 11.6 Å². The second kappa shape index (κ2) is 4.17. The van der Waals surface area contributed by atoms with Crippen LogP contribution in [0.1, 0.15) is 24.8 Å². The minimum Gasteiger partial charge on any atom is -0.373 e. The predicted molar refractivity (Wildman–Crippen MR) is 66.9 cm³/mol. The second-order valence-electron chi connectivity index (χ2n) is 4.33. The number of aryl methyl sites for hydroxylation is 1. The topological polar surface area (TPSA) is 38.1 Å². The van der Waals surface area contributed by atoms with Gasteiger partial charge in [-0.05, 0) is 31.4 Å². The first-order valence-electron chi connectivity index (χ1n) is 5.76. The van der Waals surface area contributed by atoms with Gasteiger partial charge in [-0.2, -0.15) is 0 Å². The molecule has 4 heteroatoms. The minimum atomic E-state index is -0.463. The van der Waals surface area contributed by atoms with Crippen LogP contribution in [-0.4, -0.2) is 14.7 Å². The molecule has 0 spiro atoms. The van der Waals surface area contributed by atoms with E-state index in [0.29, 0.717) is 5.02 Å². The van der Waals surface area contributed by atoms with Gasteiger partial charge in [0.15, 0.2) is 0 Å². The molecule has 0 bridgehead atoms. The van der Waals surface area contributed by atoms with Crippen molar-refractivity contribution in [1.82, 2.24) is 9.55 Å². The summed E-state index contributed by atoms with van der Waals surface area (Å²) in [5, 5.41) is 10.7. The van der Waals surface area contributed by atoms with Crippen LogP contribution in [0.3, 0.4) is 0 Å². The molecule has 1 unspecified atom stereocenters. The molecule has 88 valence electrons. The van der Waals surface area contributed by atoms with Crippen LogP contribution in [0.4, 0.5) is 0 Å². The van der Waals surface area contributed by atoms with E-state index in [0.717, 1.165) is 36.3 Å². The fraction of sp³-hybridized carbons (Fsp3) is 0.308. The first kappa shape index (κ1) is 10.8. The van der Waals surface area contributed by atoms with Gasteiger partial charge in [-0.25, -0.2) is 4.98 Å². The number of nitrogens with zero attached hydrogens (tertiary/aromatic N) is 2. The smallest absolute Gasteiger partial charge is 0.142 e. The summed E-state index contributed by atoms with van der Waals surface area (Å²) in [6, 6.07) is 7.57. The van der Waals surface area contributed by atoms with Crippen molar-refractivity contribution in [2.45, 2.75) is 25.5 Å². The van der Waals surface area contributed by atoms with Crippen molar-refractivity contribution >= 4 is 11.6 Å². The molecule has 1 atom stereocenters. The first-order valence-corrected chi connectivity index (χ1v) is 6.13. The van der Waals surface area contributed by atoms with Crippen molar-refractivity contribution in [3.8, 4) is 11.4 Å². The average molecular weight is 249 g/mol. The van der Waals surface area contributed by atoms with Crippen molar-refractivity contribution in [3.63, 3.8) is 0 Å². The average Bonchev–Trinajstić information content (AvgIpc) is 2.74. The molecule has 0 fully saturated rings. The zero-order chi connectivity index (χ0) is 11.8. The predicted octanol–water partition coefficient (Wildman–Crippen LogP) is 3.03. The fourth-order valence-corrected chi connectivity index (χ4v) is 2.54. The molecule has 0 aliphatic carbocycles. The number of imidazole rings is 1. The van der Waals surface area contributed by atoms with Crippen LogP contribution in [0, 0.1) is 0 Å². The second-order valence-corrected chi connectivity index (χ2v) is 4.76. The highest BCUT2D eigenvalue weighted by molar-refractivity contribution is 6.30. The molecule has 1 N–H and O–H groups in total. The highest BCUT2D eigenvalue weighted by Gasteiger charge is 2.21. The summed E-state index contributed by atoms with van der Waals surface area (Å²) in [5.74, 6) is 0.801. The Hall–Kier alpha value is -1.32. The van der Waals surface area contributed by atoms with Crippen LogP contribution in [0.2, 0.25) is 5.02 Å². The van der Waals surface area contributed by atoms with Gasteiger partial charge in [0.1, 0.15) is 12.1 Å². The van der Waals surface area contributed by atoms with Crippen molar-refractivity contribution in [2.24, 2.45) is 0 Å². The maximum absolute atomic E-state index is 10.1. The van der Waals surface area contributed by atoms with Crippen LogP contribution < -0.4 is 0 Å². The van der Waals surface area contributed by atoms with E-state index in [1.807, 2.05) is 35.0 Å². The third-order valence-electron chi connectivity index (χ3n) is 3.15. The Bertz CT molecular complexity index is 550. The number of aliphatic hydroxyl groups is 1. The van der Waals surface area contributed by atoms with E-state index in [1.165, 1.54) is 0 Å². The van der Waals surface area contributed by atoms with Gasteiger partial charge in [0, 0.05) is 22.5 Å². The number of hydrogen-bond donors (Lipinski definition) is 1. The lowest BCUT2D eigenvalue weighted by molar-refractivity contribution is 0.0807. The maximum atomic E-state index is 10.1. The van der Waals surface area contributed by atoms with E-state index in [2.05, 4.69) is 4.98 Å². The lowest BCUT2D eigenvalue weighted by Crippen LogP contribution is -2.17. The van der Waals surface area contributed by atoms with Crippen LogP contribution in [0.5, 0.6) is 0 Å². The van der Waals surface area contributed by atoms with E-state index in [9.17, 15) is 5.11 Å². The van der Waals surface area contributed by atoms with Crippen molar-refractivity contribution in [3.05, 3.63) is 41.2 Å². The van der Waals surface area contributed by atoms with Crippen molar-refractivity contribution in [2.75, 3.05) is 0 Å². The molecule has 1 aromatic heterocycles. The maximum Gasteiger partial charge on any atom is 0.142 e. The Kier molecular flexibility index (Phi) is 2.65. The molecular formula is C13H13ClN2O. The molecule has 3 rings (SSSR count). The van der Waals surface area contributed by atoms with Gasteiger partial charge in [-0.3, -0.25) is 0 Å². The molecule has 0 radical (unpaired) electrons. The number of fused-ring (bicyclic) bond motifs is 1. The van der Waals surface area contributed by atoms with Gasteiger partial charge >= 0.3 is 0 Å². The van der Waals surface area contributed by atoms with Crippen LogP contribution in [0.25, 0.3) is 11.4 Å². The Morgan fingerprint density at radius 2 is 2.29 bits per heavy atom.